The highest BCUT2D eigenvalue weighted by molar-refractivity contribution is 5.76. The van der Waals surface area contributed by atoms with Gasteiger partial charge in [-0.3, -0.25) is 4.79 Å². The van der Waals surface area contributed by atoms with Crippen LogP contribution in [0.4, 0.5) is 4.79 Å². The van der Waals surface area contributed by atoms with E-state index in [0.717, 1.165) is 37.9 Å². The summed E-state index contributed by atoms with van der Waals surface area (Å²) in [5.74, 6) is 1.57. The van der Waals surface area contributed by atoms with E-state index in [0.29, 0.717) is 50.3 Å². The van der Waals surface area contributed by atoms with Crippen LogP contribution in [0.25, 0.3) is 0 Å². The lowest BCUT2D eigenvalue weighted by atomic mass is 9.69. The summed E-state index contributed by atoms with van der Waals surface area (Å²) in [5.41, 5.74) is 0. The zero-order chi connectivity index (χ0) is 22.3. The molecule has 168 valence electrons. The number of carbonyl (C=O) groups excluding carboxylic acids is 2. The van der Waals surface area contributed by atoms with Crippen LogP contribution in [0.3, 0.4) is 0 Å². The molecule has 3 N–H and O–H groups in total. The first kappa shape index (κ1) is 21.0. The average molecular weight is 424 g/mol. The predicted molar refractivity (Wildman–Crippen MR) is 108 cm³/mol. The van der Waals surface area contributed by atoms with Gasteiger partial charge in [-0.05, 0) is 63.8 Å². The summed E-state index contributed by atoms with van der Waals surface area (Å²) in [7, 11) is 0. The number of hydrogen-bond acceptors (Lipinski definition) is 8. The molecule has 0 spiro atoms. The monoisotopic (exact) mass is 423 g/mol. The number of aryl methyl sites for hydroxylation is 1. The SMILES string of the molecule is [2H][C@@]1(C(=O)O[C@@H](C)CCNC(=O)OCC)C[C@H]2C[C@@H](CCc3nn[nH]n3)CC[C@H]2CN1. The lowest BCUT2D eigenvalue weighted by Gasteiger charge is -2.42. The number of nitrogens with one attached hydrogen (secondary N) is 3. The number of amides is 1. The summed E-state index contributed by atoms with van der Waals surface area (Å²) >= 11 is 0. The minimum absolute atomic E-state index is 0.309. The Morgan fingerprint density at radius 3 is 2.97 bits per heavy atom. The smallest absolute Gasteiger partial charge is 0.407 e. The standard InChI is InChI=1S/C20H34N6O4/c1-3-29-20(28)21-9-8-13(2)30-19(27)17-11-16-10-14(4-6-15(16)12-22-17)5-7-18-23-25-26-24-18/h13-17,22H,3-12H2,1-2H3,(H,21,28)(H,23,24,25,26)/t13-,14+,15-,16+,17-/m0/s1/i17D. The molecule has 1 aromatic heterocycles. The van der Waals surface area contributed by atoms with Crippen molar-refractivity contribution in [2.75, 3.05) is 19.7 Å². The molecule has 1 aliphatic carbocycles. The van der Waals surface area contributed by atoms with E-state index in [1.54, 1.807) is 13.8 Å². The van der Waals surface area contributed by atoms with Gasteiger partial charge in [0.25, 0.3) is 0 Å². The van der Waals surface area contributed by atoms with Gasteiger partial charge >= 0.3 is 12.1 Å². The van der Waals surface area contributed by atoms with Gasteiger partial charge in [-0.1, -0.05) is 11.6 Å². The molecule has 0 aromatic carbocycles. The quantitative estimate of drug-likeness (QED) is 0.510. The van der Waals surface area contributed by atoms with E-state index in [9.17, 15) is 9.59 Å². The maximum absolute atomic E-state index is 12.8. The molecule has 5 atom stereocenters. The number of nitrogens with zero attached hydrogens (tertiary/aromatic N) is 3. The van der Waals surface area contributed by atoms with Crippen LogP contribution in [0.1, 0.15) is 59.6 Å². The normalized spacial score (nSPS) is 29.9. The van der Waals surface area contributed by atoms with E-state index in [1.165, 1.54) is 0 Å². The van der Waals surface area contributed by atoms with E-state index in [4.69, 9.17) is 10.8 Å². The van der Waals surface area contributed by atoms with Crippen LogP contribution >= 0.6 is 0 Å². The van der Waals surface area contributed by atoms with Gasteiger partial charge in [0, 0.05) is 19.4 Å². The van der Waals surface area contributed by atoms with Gasteiger partial charge < -0.3 is 20.1 Å². The molecular formula is C20H34N6O4. The number of piperidine rings is 1. The second-order valence-corrected chi connectivity index (χ2v) is 8.28. The van der Waals surface area contributed by atoms with E-state index in [-0.39, 0.29) is 0 Å². The molecule has 0 unspecified atom stereocenters. The van der Waals surface area contributed by atoms with E-state index in [2.05, 4.69) is 31.3 Å². The zero-order valence-electron chi connectivity index (χ0n) is 18.9. The van der Waals surface area contributed by atoms with Crippen molar-refractivity contribution in [2.45, 2.75) is 70.9 Å². The van der Waals surface area contributed by atoms with Gasteiger partial charge in [0.05, 0.1) is 7.98 Å². The first-order valence-corrected chi connectivity index (χ1v) is 11.0. The molecule has 1 saturated heterocycles. The van der Waals surface area contributed by atoms with Gasteiger partial charge in [-0.15, -0.1) is 10.2 Å². The molecule has 1 aliphatic heterocycles. The Morgan fingerprint density at radius 2 is 2.20 bits per heavy atom. The third-order valence-corrected chi connectivity index (χ3v) is 6.11. The fourth-order valence-electron chi connectivity index (χ4n) is 4.44. The van der Waals surface area contributed by atoms with Crippen molar-refractivity contribution in [1.29, 1.82) is 0 Å². The first-order chi connectivity index (χ1) is 14.9. The van der Waals surface area contributed by atoms with Crippen LogP contribution < -0.4 is 10.6 Å². The number of H-pyrrole nitrogens is 1. The number of hydrogen-bond donors (Lipinski definition) is 3. The first-order valence-electron chi connectivity index (χ1n) is 11.5. The van der Waals surface area contributed by atoms with Gasteiger partial charge in [-0.2, -0.15) is 5.21 Å². The van der Waals surface area contributed by atoms with Crippen LogP contribution in [-0.4, -0.2) is 64.5 Å². The van der Waals surface area contributed by atoms with Crippen LogP contribution in [0.5, 0.6) is 0 Å². The predicted octanol–water partition coefficient (Wildman–Crippen LogP) is 1.59. The number of alkyl carbamates (subject to hydrolysis) is 1. The van der Waals surface area contributed by atoms with Crippen molar-refractivity contribution in [2.24, 2.45) is 17.8 Å². The Morgan fingerprint density at radius 1 is 1.33 bits per heavy atom. The number of tetrazole rings is 1. The number of esters is 1. The van der Waals surface area contributed by atoms with Gasteiger partial charge in [0.1, 0.15) is 12.1 Å². The van der Waals surface area contributed by atoms with Crippen LogP contribution in [-0.2, 0) is 20.7 Å². The second kappa shape index (κ2) is 11.2. The number of ether oxygens (including phenoxy) is 2. The van der Waals surface area contributed by atoms with Crippen molar-refractivity contribution >= 4 is 12.1 Å². The molecule has 2 heterocycles. The molecule has 3 rings (SSSR count). The fourth-order valence-corrected chi connectivity index (χ4v) is 4.44. The second-order valence-electron chi connectivity index (χ2n) is 8.28. The molecule has 10 heteroatoms. The van der Waals surface area contributed by atoms with Gasteiger partial charge in [-0.25, -0.2) is 4.79 Å². The van der Waals surface area contributed by atoms with E-state index in [1.807, 2.05) is 0 Å². The highest BCUT2D eigenvalue weighted by atomic mass is 16.6. The van der Waals surface area contributed by atoms with Crippen molar-refractivity contribution < 1.29 is 20.4 Å². The molecule has 1 saturated carbocycles. The summed E-state index contributed by atoms with van der Waals surface area (Å²) < 4.78 is 19.0. The van der Waals surface area contributed by atoms with Crippen molar-refractivity contribution in [3.05, 3.63) is 5.82 Å². The largest absolute Gasteiger partial charge is 0.461 e. The molecule has 10 nitrogen and oxygen atoms in total. The Kier molecular flexibility index (Phi) is 7.88. The van der Waals surface area contributed by atoms with Crippen LogP contribution in [0, 0.1) is 17.8 Å². The number of aromatic nitrogens is 4. The molecule has 30 heavy (non-hydrogen) atoms. The summed E-state index contributed by atoms with van der Waals surface area (Å²) in [6, 6.07) is -1.42. The van der Waals surface area contributed by atoms with Gasteiger partial charge in [0.15, 0.2) is 5.82 Å². The summed E-state index contributed by atoms with van der Waals surface area (Å²) in [4.78, 5) is 24.1. The Labute approximate surface area is 178 Å². The van der Waals surface area contributed by atoms with Crippen molar-refractivity contribution in [3.63, 3.8) is 0 Å². The molecule has 1 amide bonds. The Bertz CT molecular complexity index is 721. The topological polar surface area (TPSA) is 131 Å². The lowest BCUT2D eigenvalue weighted by molar-refractivity contribution is -0.152. The third kappa shape index (κ3) is 6.65. The van der Waals surface area contributed by atoms with Crippen molar-refractivity contribution in [1.82, 2.24) is 31.3 Å². The lowest BCUT2D eigenvalue weighted by Crippen LogP contribution is -2.50. The Hall–Kier alpha value is -2.23. The van der Waals surface area contributed by atoms with Crippen LogP contribution in [0.15, 0.2) is 0 Å². The van der Waals surface area contributed by atoms with Crippen molar-refractivity contribution in [3.8, 4) is 0 Å². The molecule has 0 radical (unpaired) electrons. The highest BCUT2D eigenvalue weighted by Gasteiger charge is 2.38. The summed E-state index contributed by atoms with van der Waals surface area (Å²) in [6.45, 7) is 4.83. The highest BCUT2D eigenvalue weighted by Crippen LogP contribution is 2.40. The molecule has 2 fully saturated rings. The molecule has 0 bridgehead atoms. The Balaban J connectivity index is 1.44. The zero-order valence-corrected chi connectivity index (χ0v) is 17.9. The van der Waals surface area contributed by atoms with Gasteiger partial charge in [0.2, 0.25) is 0 Å². The maximum atomic E-state index is 12.8. The molecule has 2 aliphatic rings. The average Bonchev–Trinajstić information content (AvgIpc) is 3.25. The molecular weight excluding hydrogens is 388 g/mol. The number of carbonyl (C=O) groups is 2. The van der Waals surface area contributed by atoms with E-state index >= 15 is 0 Å². The number of aromatic amines is 1. The summed E-state index contributed by atoms with van der Waals surface area (Å²) in [6.07, 6.45) is 5.11. The number of fused-ring (bicyclic) bond motifs is 1. The maximum Gasteiger partial charge on any atom is 0.407 e. The fraction of sp³-hybridized carbons (Fsp3) is 0.850. The summed E-state index contributed by atoms with van der Waals surface area (Å²) in [5, 5.41) is 19.9. The van der Waals surface area contributed by atoms with Crippen LogP contribution in [0.2, 0.25) is 0 Å². The minimum Gasteiger partial charge on any atom is -0.461 e. The minimum atomic E-state index is -1.42. The molecule has 1 aromatic rings. The van der Waals surface area contributed by atoms with E-state index < -0.39 is 24.2 Å². The third-order valence-electron chi connectivity index (χ3n) is 6.11. The number of rotatable bonds is 9.